The second-order valence-electron chi connectivity index (χ2n) is 8.78. The van der Waals surface area contributed by atoms with Gasteiger partial charge in [-0.3, -0.25) is 34.4 Å². The summed E-state index contributed by atoms with van der Waals surface area (Å²) in [5.41, 5.74) is -3.13. The Morgan fingerprint density at radius 3 is 2.44 bits per heavy atom. The zero-order valence-electron chi connectivity index (χ0n) is 19.5. The predicted octanol–water partition coefficient (Wildman–Crippen LogP) is 0.929. The highest BCUT2D eigenvalue weighted by Gasteiger charge is 2.27. The van der Waals surface area contributed by atoms with Crippen LogP contribution in [-0.4, -0.2) is 63.1 Å². The fourth-order valence-electron chi connectivity index (χ4n) is 3.12. The first-order valence-electron chi connectivity index (χ1n) is 10.3. The van der Waals surface area contributed by atoms with Crippen molar-refractivity contribution in [2.75, 3.05) is 14.1 Å². The SMILES string of the molecule is CN(C)C(=O)CC[C@H](NC(=O)OC(C)(C)C)C(=O)Cn1[nH]c(=O)c2c([N+](=O)[O-])cccc2c1=O. The van der Waals surface area contributed by atoms with Gasteiger partial charge in [0.2, 0.25) is 5.91 Å². The van der Waals surface area contributed by atoms with Gasteiger partial charge in [0, 0.05) is 26.6 Å². The number of nitrogens with zero attached hydrogens (tertiary/aromatic N) is 3. The molecule has 0 aliphatic rings. The van der Waals surface area contributed by atoms with E-state index in [0.717, 1.165) is 6.07 Å². The Morgan fingerprint density at radius 2 is 1.88 bits per heavy atom. The minimum absolute atomic E-state index is 0.0749. The van der Waals surface area contributed by atoms with Crippen LogP contribution >= 0.6 is 0 Å². The van der Waals surface area contributed by atoms with Crippen LogP contribution in [0, 0.1) is 10.1 Å². The van der Waals surface area contributed by atoms with Gasteiger partial charge in [-0.1, -0.05) is 6.07 Å². The Labute approximate surface area is 193 Å². The molecule has 0 aliphatic heterocycles. The molecule has 13 heteroatoms. The summed E-state index contributed by atoms with van der Waals surface area (Å²) in [7, 11) is 3.08. The number of Topliss-reactive ketones (excluding diaryl/α,β-unsaturated/α-hetero) is 1. The molecular weight excluding hydrogens is 450 g/mol. The third kappa shape index (κ3) is 6.49. The van der Waals surface area contributed by atoms with Gasteiger partial charge in [-0.15, -0.1) is 0 Å². The average molecular weight is 477 g/mol. The molecule has 1 aromatic carbocycles. The number of rotatable bonds is 8. The number of ether oxygens (including phenoxy) is 1. The van der Waals surface area contributed by atoms with Gasteiger partial charge in [0.15, 0.2) is 5.78 Å². The van der Waals surface area contributed by atoms with Crippen LogP contribution in [0.3, 0.4) is 0 Å². The number of non-ortho nitro benzene ring substituents is 1. The first-order valence-corrected chi connectivity index (χ1v) is 10.3. The van der Waals surface area contributed by atoms with Gasteiger partial charge in [-0.25, -0.2) is 9.48 Å². The second kappa shape index (κ2) is 10.3. The molecule has 2 aromatic rings. The highest BCUT2D eigenvalue weighted by Crippen LogP contribution is 2.19. The molecule has 2 rings (SSSR count). The smallest absolute Gasteiger partial charge is 0.408 e. The van der Waals surface area contributed by atoms with Crippen molar-refractivity contribution in [2.45, 2.75) is 51.8 Å². The molecule has 184 valence electrons. The minimum Gasteiger partial charge on any atom is -0.444 e. The molecule has 2 N–H and O–H groups in total. The standard InChI is InChI=1S/C21H27N5O8/c1-21(2,3)34-20(31)22-13(9-10-16(28)24(4)5)15(27)11-25-19(30)12-7-6-8-14(26(32)33)17(12)18(29)23-25/h6-8,13H,9-11H2,1-5H3,(H,22,31)(H,23,29)/t13-/m0/s1. The molecule has 0 bridgehead atoms. The number of H-pyrrole nitrogens is 1. The van der Waals surface area contributed by atoms with Crippen molar-refractivity contribution >= 4 is 34.2 Å². The summed E-state index contributed by atoms with van der Waals surface area (Å²) in [6.45, 7) is 4.26. The van der Waals surface area contributed by atoms with Crippen LogP contribution in [0.5, 0.6) is 0 Å². The molecule has 0 unspecified atom stereocenters. The van der Waals surface area contributed by atoms with Crippen LogP contribution < -0.4 is 16.4 Å². The number of aromatic amines is 1. The van der Waals surface area contributed by atoms with Crippen LogP contribution in [0.25, 0.3) is 10.8 Å². The Bertz CT molecular complexity index is 1240. The number of nitro benzene ring substituents is 1. The monoisotopic (exact) mass is 477 g/mol. The molecule has 0 fully saturated rings. The first-order chi connectivity index (χ1) is 15.7. The van der Waals surface area contributed by atoms with E-state index < -0.39 is 57.2 Å². The number of ketones is 1. The lowest BCUT2D eigenvalue weighted by molar-refractivity contribution is -0.383. The molecule has 1 aromatic heterocycles. The van der Waals surface area contributed by atoms with E-state index in [1.54, 1.807) is 34.9 Å². The summed E-state index contributed by atoms with van der Waals surface area (Å²) in [6.07, 6.45) is -1.04. The van der Waals surface area contributed by atoms with E-state index in [9.17, 15) is 34.1 Å². The number of benzene rings is 1. The summed E-state index contributed by atoms with van der Waals surface area (Å²) >= 11 is 0. The third-order valence-electron chi connectivity index (χ3n) is 4.72. The van der Waals surface area contributed by atoms with E-state index in [0.29, 0.717) is 4.68 Å². The summed E-state index contributed by atoms with van der Waals surface area (Å²) in [6, 6.07) is 2.39. The van der Waals surface area contributed by atoms with E-state index in [1.807, 2.05) is 0 Å². The first kappa shape index (κ1) is 26.2. The fraction of sp³-hybridized carbons (Fsp3) is 0.476. The van der Waals surface area contributed by atoms with Gasteiger partial charge in [-0.05, 0) is 33.3 Å². The number of nitro groups is 1. The van der Waals surface area contributed by atoms with Gasteiger partial charge in [0.25, 0.3) is 16.8 Å². The molecule has 34 heavy (non-hydrogen) atoms. The van der Waals surface area contributed by atoms with Gasteiger partial charge < -0.3 is 15.0 Å². The summed E-state index contributed by atoms with van der Waals surface area (Å²) in [4.78, 5) is 74.3. The van der Waals surface area contributed by atoms with Crippen LogP contribution in [-0.2, 0) is 20.9 Å². The molecular formula is C21H27N5O8. The summed E-state index contributed by atoms with van der Waals surface area (Å²) in [5, 5.41) is 15.2. The van der Waals surface area contributed by atoms with Crippen LogP contribution in [0.15, 0.2) is 27.8 Å². The number of carbonyl (C=O) groups excluding carboxylic acids is 3. The van der Waals surface area contributed by atoms with Crippen molar-refractivity contribution < 1.29 is 24.0 Å². The van der Waals surface area contributed by atoms with Crippen molar-refractivity contribution in [1.82, 2.24) is 20.0 Å². The van der Waals surface area contributed by atoms with E-state index in [4.69, 9.17) is 4.74 Å². The molecule has 13 nitrogen and oxygen atoms in total. The van der Waals surface area contributed by atoms with E-state index in [2.05, 4.69) is 10.4 Å². The third-order valence-corrected chi connectivity index (χ3v) is 4.72. The topological polar surface area (TPSA) is 174 Å². The lowest BCUT2D eigenvalue weighted by Crippen LogP contribution is -2.46. The van der Waals surface area contributed by atoms with Gasteiger partial charge in [-0.2, -0.15) is 0 Å². The Balaban J connectivity index is 2.37. The van der Waals surface area contributed by atoms with E-state index >= 15 is 0 Å². The number of alkyl carbamates (subject to hydrolysis) is 1. The number of carbonyl (C=O) groups is 3. The fourth-order valence-corrected chi connectivity index (χ4v) is 3.12. The largest absolute Gasteiger partial charge is 0.444 e. The number of aromatic nitrogens is 2. The van der Waals surface area contributed by atoms with Crippen molar-refractivity contribution in [3.05, 3.63) is 49.0 Å². The molecule has 1 heterocycles. The lowest BCUT2D eigenvalue weighted by Gasteiger charge is -2.23. The summed E-state index contributed by atoms with van der Waals surface area (Å²) < 4.78 is 5.89. The normalized spacial score (nSPS) is 12.1. The lowest BCUT2D eigenvalue weighted by atomic mass is 10.1. The van der Waals surface area contributed by atoms with Crippen LogP contribution in [0.4, 0.5) is 10.5 Å². The van der Waals surface area contributed by atoms with Gasteiger partial charge >= 0.3 is 6.09 Å². The molecule has 0 saturated heterocycles. The van der Waals surface area contributed by atoms with Crippen molar-refractivity contribution in [3.63, 3.8) is 0 Å². The molecule has 0 radical (unpaired) electrons. The van der Waals surface area contributed by atoms with Crippen LogP contribution in [0.2, 0.25) is 0 Å². The van der Waals surface area contributed by atoms with Crippen molar-refractivity contribution in [2.24, 2.45) is 0 Å². The zero-order chi connectivity index (χ0) is 25.8. The highest BCUT2D eigenvalue weighted by atomic mass is 16.6. The van der Waals surface area contributed by atoms with E-state index in [1.165, 1.54) is 17.0 Å². The predicted molar refractivity (Wildman–Crippen MR) is 122 cm³/mol. The molecule has 0 aliphatic carbocycles. The quantitative estimate of drug-likeness (QED) is 0.417. The number of nitrogens with one attached hydrogen (secondary N) is 2. The molecule has 1 atom stereocenters. The Hall–Kier alpha value is -4.03. The Kier molecular flexibility index (Phi) is 7.92. The Morgan fingerprint density at radius 1 is 1.24 bits per heavy atom. The average Bonchev–Trinajstić information content (AvgIpc) is 2.72. The molecule has 2 amide bonds. The highest BCUT2D eigenvalue weighted by molar-refractivity contribution is 5.90. The number of fused-ring (bicyclic) bond motifs is 1. The van der Waals surface area contributed by atoms with Crippen molar-refractivity contribution in [3.8, 4) is 0 Å². The second-order valence-corrected chi connectivity index (χ2v) is 8.78. The van der Waals surface area contributed by atoms with Crippen LogP contribution in [0.1, 0.15) is 33.6 Å². The number of hydrogen-bond donors (Lipinski definition) is 2. The zero-order valence-corrected chi connectivity index (χ0v) is 19.5. The maximum absolute atomic E-state index is 13.0. The van der Waals surface area contributed by atoms with Crippen molar-refractivity contribution in [1.29, 1.82) is 0 Å². The van der Waals surface area contributed by atoms with E-state index in [-0.39, 0.29) is 24.1 Å². The maximum atomic E-state index is 13.0. The number of hydrogen-bond acceptors (Lipinski definition) is 8. The van der Waals surface area contributed by atoms with Gasteiger partial charge in [0.05, 0.1) is 16.4 Å². The maximum Gasteiger partial charge on any atom is 0.408 e. The molecule has 0 spiro atoms. The van der Waals surface area contributed by atoms with Gasteiger partial charge in [0.1, 0.15) is 17.5 Å². The minimum atomic E-state index is -1.20. The number of amides is 2. The summed E-state index contributed by atoms with van der Waals surface area (Å²) in [5.74, 6) is -0.965. The molecule has 0 saturated carbocycles.